The fraction of sp³-hybridized carbons (Fsp3) is 0.115. The minimum Gasteiger partial charge on any atom is -0.497 e. The van der Waals surface area contributed by atoms with Gasteiger partial charge in [-0.1, -0.05) is 36.4 Å². The number of carbonyl (C=O) groups excluding carboxylic acids is 3. The summed E-state index contributed by atoms with van der Waals surface area (Å²) in [7, 11) is 1.49. The molecule has 0 heterocycles. The molecule has 0 atom stereocenters. The third-order valence-corrected chi connectivity index (χ3v) is 5.15. The number of nitrogens with one attached hydrogen (secondary N) is 1. The van der Waals surface area contributed by atoms with E-state index in [1.807, 2.05) is 0 Å². The van der Waals surface area contributed by atoms with E-state index in [1.54, 1.807) is 24.3 Å². The molecule has 1 N–H and O–H groups in total. The van der Waals surface area contributed by atoms with Crippen LogP contribution in [-0.2, 0) is 0 Å². The van der Waals surface area contributed by atoms with Gasteiger partial charge in [-0.05, 0) is 42.0 Å². The highest BCUT2D eigenvalue weighted by Crippen LogP contribution is 2.33. The monoisotopic (exact) mass is 463 g/mol. The number of methoxy groups -OCH3 is 1. The van der Waals surface area contributed by atoms with Gasteiger partial charge in [0.25, 0.3) is 5.91 Å². The Labute approximate surface area is 193 Å². The molecule has 0 bridgehead atoms. The van der Waals surface area contributed by atoms with E-state index < -0.39 is 23.6 Å². The van der Waals surface area contributed by atoms with E-state index >= 15 is 0 Å². The molecule has 1 aliphatic carbocycles. The molecule has 3 aromatic carbocycles. The van der Waals surface area contributed by atoms with Gasteiger partial charge in [-0.15, -0.1) is 0 Å². The number of alkyl halides is 2. The summed E-state index contributed by atoms with van der Waals surface area (Å²) in [6.07, 6.45) is -3.38. The van der Waals surface area contributed by atoms with Crippen molar-refractivity contribution in [3.8, 4) is 11.5 Å². The average Bonchev–Trinajstić information content (AvgIpc) is 2.82. The summed E-state index contributed by atoms with van der Waals surface area (Å²) in [6.45, 7) is 0.608. The van der Waals surface area contributed by atoms with Gasteiger partial charge in [-0.25, -0.2) is 0 Å². The van der Waals surface area contributed by atoms with Crippen molar-refractivity contribution in [3.63, 3.8) is 0 Å². The summed E-state index contributed by atoms with van der Waals surface area (Å²) in [5, 5.41) is 2.57. The average molecular weight is 463 g/mol. The van der Waals surface area contributed by atoms with Gasteiger partial charge in [0.1, 0.15) is 17.2 Å². The molecule has 3 aromatic rings. The lowest BCUT2D eigenvalue weighted by molar-refractivity contribution is -0.158. The number of amides is 1. The van der Waals surface area contributed by atoms with E-state index in [9.17, 15) is 23.2 Å². The molecule has 172 valence electrons. The van der Waals surface area contributed by atoms with Crippen LogP contribution in [0.3, 0.4) is 0 Å². The minimum atomic E-state index is -3.38. The number of carbonyl (C=O) groups is 3. The number of fused-ring (bicyclic) bond motifs is 1. The molecule has 0 radical (unpaired) electrons. The van der Waals surface area contributed by atoms with Crippen LogP contribution in [0.15, 0.2) is 78.5 Å². The highest BCUT2D eigenvalue weighted by molar-refractivity contribution is 6.41. The summed E-state index contributed by atoms with van der Waals surface area (Å²) in [6, 6.07) is 17.8. The molecular weight excluding hydrogens is 444 g/mol. The van der Waals surface area contributed by atoms with E-state index in [0.29, 0.717) is 12.7 Å². The zero-order chi connectivity index (χ0) is 24.5. The van der Waals surface area contributed by atoms with Crippen LogP contribution in [0.25, 0.3) is 5.57 Å². The highest BCUT2D eigenvalue weighted by atomic mass is 19.3. The molecule has 0 spiro atoms. The van der Waals surface area contributed by atoms with Crippen molar-refractivity contribution in [1.82, 2.24) is 5.32 Å². The van der Waals surface area contributed by atoms with Crippen LogP contribution in [0.2, 0.25) is 0 Å². The SMILES string of the molecule is COc1ccc(C(=O)NC2=C(c3ccc(OC(C)(F)F)cc3)C(=O)c3ccccc3C2=O)cc1. The first-order chi connectivity index (χ1) is 16.2. The van der Waals surface area contributed by atoms with Crippen molar-refractivity contribution >= 4 is 23.0 Å². The molecule has 4 rings (SSSR count). The van der Waals surface area contributed by atoms with Gasteiger partial charge < -0.3 is 14.8 Å². The quantitative estimate of drug-likeness (QED) is 0.562. The Morgan fingerprint density at radius 2 is 1.38 bits per heavy atom. The number of benzene rings is 3. The Balaban J connectivity index is 1.77. The summed E-state index contributed by atoms with van der Waals surface area (Å²) >= 11 is 0. The van der Waals surface area contributed by atoms with E-state index in [2.05, 4.69) is 10.1 Å². The fourth-order valence-electron chi connectivity index (χ4n) is 3.59. The van der Waals surface area contributed by atoms with E-state index in [1.165, 1.54) is 55.6 Å². The van der Waals surface area contributed by atoms with Crippen LogP contribution in [0.5, 0.6) is 11.5 Å². The number of Topliss-reactive ketones (excluding diaryl/α,β-unsaturated/α-hetero) is 2. The molecule has 0 saturated carbocycles. The van der Waals surface area contributed by atoms with E-state index in [4.69, 9.17) is 4.74 Å². The number of ketones is 2. The largest absolute Gasteiger partial charge is 0.497 e. The highest BCUT2D eigenvalue weighted by Gasteiger charge is 2.34. The molecule has 8 heteroatoms. The van der Waals surface area contributed by atoms with Gasteiger partial charge in [-0.2, -0.15) is 8.78 Å². The lowest BCUT2D eigenvalue weighted by atomic mass is 9.84. The number of hydrogen-bond acceptors (Lipinski definition) is 5. The van der Waals surface area contributed by atoms with Crippen LogP contribution in [0.4, 0.5) is 8.78 Å². The fourth-order valence-corrected chi connectivity index (χ4v) is 3.59. The number of halogens is 2. The lowest BCUT2D eigenvalue weighted by Gasteiger charge is -2.22. The predicted octanol–water partition coefficient (Wildman–Crippen LogP) is 4.91. The van der Waals surface area contributed by atoms with Crippen molar-refractivity contribution in [2.24, 2.45) is 0 Å². The first kappa shape index (κ1) is 22.8. The molecule has 0 unspecified atom stereocenters. The van der Waals surface area contributed by atoms with Crippen molar-refractivity contribution < 1.29 is 32.6 Å². The molecule has 6 nitrogen and oxygen atoms in total. The molecule has 0 saturated heterocycles. The van der Waals surface area contributed by atoms with Crippen LogP contribution in [0, 0.1) is 0 Å². The standard InChI is InChI=1S/C26H19F2NO5/c1-26(27,28)34-18-13-7-15(8-14-18)21-22(24(31)20-6-4-3-5-19(20)23(21)30)29-25(32)16-9-11-17(33-2)12-10-16/h3-14H,1-2H3,(H,29,32). The molecule has 0 aliphatic heterocycles. The smallest absolute Gasteiger partial charge is 0.394 e. The van der Waals surface area contributed by atoms with Crippen molar-refractivity contribution in [1.29, 1.82) is 0 Å². The summed E-state index contributed by atoms with van der Waals surface area (Å²) in [5.74, 6) is -1.17. The molecular formula is C26H19F2NO5. The number of ether oxygens (including phenoxy) is 2. The molecule has 34 heavy (non-hydrogen) atoms. The van der Waals surface area contributed by atoms with Crippen molar-refractivity contribution in [3.05, 3.63) is 101 Å². The maximum atomic E-state index is 13.4. The van der Waals surface area contributed by atoms with Gasteiger partial charge in [0.15, 0.2) is 5.78 Å². The van der Waals surface area contributed by atoms with Gasteiger partial charge in [0, 0.05) is 23.6 Å². The first-order valence-electron chi connectivity index (χ1n) is 10.2. The van der Waals surface area contributed by atoms with Gasteiger partial charge in [0.05, 0.1) is 12.7 Å². The Bertz CT molecular complexity index is 1310. The van der Waals surface area contributed by atoms with E-state index in [0.717, 1.165) is 0 Å². The first-order valence-corrected chi connectivity index (χ1v) is 10.2. The maximum absolute atomic E-state index is 13.4. The zero-order valence-electron chi connectivity index (χ0n) is 18.2. The zero-order valence-corrected chi connectivity index (χ0v) is 18.2. The van der Waals surface area contributed by atoms with Crippen LogP contribution in [0.1, 0.15) is 43.6 Å². The topological polar surface area (TPSA) is 81.7 Å². The third kappa shape index (κ3) is 4.56. The molecule has 1 aliphatic rings. The second-order valence-corrected chi connectivity index (χ2v) is 7.57. The normalized spacial score (nSPS) is 13.4. The summed E-state index contributed by atoms with van der Waals surface area (Å²) in [4.78, 5) is 39.6. The number of rotatable bonds is 6. The van der Waals surface area contributed by atoms with Crippen LogP contribution in [-0.4, -0.2) is 30.7 Å². The molecule has 0 fully saturated rings. The van der Waals surface area contributed by atoms with Gasteiger partial charge >= 0.3 is 6.11 Å². The van der Waals surface area contributed by atoms with Crippen molar-refractivity contribution in [2.75, 3.05) is 7.11 Å². The lowest BCUT2D eigenvalue weighted by Crippen LogP contribution is -2.33. The Morgan fingerprint density at radius 3 is 1.94 bits per heavy atom. The Kier molecular flexibility index (Phi) is 5.98. The number of allylic oxidation sites excluding steroid dienone is 2. The van der Waals surface area contributed by atoms with Gasteiger partial charge in [0.2, 0.25) is 5.78 Å². The molecule has 0 aromatic heterocycles. The predicted molar refractivity (Wildman–Crippen MR) is 120 cm³/mol. The van der Waals surface area contributed by atoms with Crippen molar-refractivity contribution in [2.45, 2.75) is 13.0 Å². The Morgan fingerprint density at radius 1 is 0.824 bits per heavy atom. The van der Waals surface area contributed by atoms with E-state index in [-0.39, 0.29) is 39.3 Å². The summed E-state index contributed by atoms with van der Waals surface area (Å²) < 4.78 is 36.0. The van der Waals surface area contributed by atoms with Crippen LogP contribution >= 0.6 is 0 Å². The third-order valence-electron chi connectivity index (χ3n) is 5.15. The number of hydrogen-bond donors (Lipinski definition) is 1. The maximum Gasteiger partial charge on any atom is 0.394 e. The summed E-state index contributed by atoms with van der Waals surface area (Å²) in [5.41, 5.74) is 0.627. The molecule has 1 amide bonds. The van der Waals surface area contributed by atoms with Crippen LogP contribution < -0.4 is 14.8 Å². The Hall–Kier alpha value is -4.33. The second-order valence-electron chi connectivity index (χ2n) is 7.57. The second kappa shape index (κ2) is 8.90. The van der Waals surface area contributed by atoms with Gasteiger partial charge in [-0.3, -0.25) is 14.4 Å². The minimum absolute atomic E-state index is 0.0413.